The molecule has 2 unspecified atom stereocenters. The van der Waals surface area contributed by atoms with Crippen molar-refractivity contribution in [1.82, 2.24) is 5.32 Å². The van der Waals surface area contributed by atoms with Crippen molar-refractivity contribution in [2.24, 2.45) is 5.92 Å². The Morgan fingerprint density at radius 2 is 2.20 bits per heavy atom. The molecule has 1 saturated carbocycles. The van der Waals surface area contributed by atoms with Gasteiger partial charge in [0, 0.05) is 11.5 Å². The average Bonchev–Trinajstić information content (AvgIpc) is 3.18. The number of nitrogens with one attached hydrogen (secondary N) is 1. The molecule has 1 aliphatic heterocycles. The van der Waals surface area contributed by atoms with Crippen molar-refractivity contribution in [1.29, 1.82) is 0 Å². The number of hydrogen-bond acceptors (Lipinski definition) is 3. The lowest BCUT2D eigenvalue weighted by atomic mass is 9.96. The van der Waals surface area contributed by atoms with E-state index in [4.69, 9.17) is 4.74 Å². The van der Waals surface area contributed by atoms with Crippen molar-refractivity contribution in [3.05, 3.63) is 22.4 Å². The Labute approximate surface area is 124 Å². The number of carbonyl (C=O) groups excluding carboxylic acids is 1. The first-order valence-corrected chi connectivity index (χ1v) is 8.65. The zero-order chi connectivity index (χ0) is 13.8. The van der Waals surface area contributed by atoms with Gasteiger partial charge >= 0.3 is 0 Å². The van der Waals surface area contributed by atoms with Crippen LogP contribution in [0.4, 0.5) is 0 Å². The molecule has 4 heteroatoms. The Morgan fingerprint density at radius 1 is 1.35 bits per heavy atom. The monoisotopic (exact) mass is 293 g/mol. The maximum absolute atomic E-state index is 12.3. The largest absolute Gasteiger partial charge is 0.378 e. The Balaban J connectivity index is 1.61. The Bertz CT molecular complexity index is 420. The lowest BCUT2D eigenvalue weighted by Crippen LogP contribution is -2.34. The average molecular weight is 293 g/mol. The molecule has 2 aliphatic rings. The van der Waals surface area contributed by atoms with E-state index in [0.29, 0.717) is 12.3 Å². The fourth-order valence-corrected chi connectivity index (χ4v) is 4.29. The van der Waals surface area contributed by atoms with Crippen LogP contribution in [0.25, 0.3) is 0 Å². The van der Waals surface area contributed by atoms with Crippen molar-refractivity contribution >= 4 is 17.2 Å². The van der Waals surface area contributed by atoms with Gasteiger partial charge in [0.1, 0.15) is 0 Å². The molecule has 2 fully saturated rings. The molecule has 0 spiro atoms. The van der Waals surface area contributed by atoms with Gasteiger partial charge in [0.15, 0.2) is 0 Å². The topological polar surface area (TPSA) is 38.3 Å². The van der Waals surface area contributed by atoms with Crippen LogP contribution in [0.1, 0.15) is 55.9 Å². The van der Waals surface area contributed by atoms with Crippen LogP contribution in [-0.4, -0.2) is 18.6 Å². The highest BCUT2D eigenvalue weighted by Crippen LogP contribution is 2.37. The molecule has 2 atom stereocenters. The molecule has 1 amide bonds. The summed E-state index contributed by atoms with van der Waals surface area (Å²) in [5.41, 5.74) is 0. The van der Waals surface area contributed by atoms with Crippen LogP contribution in [0.5, 0.6) is 0 Å². The van der Waals surface area contributed by atoms with Crippen molar-refractivity contribution in [3.63, 3.8) is 0 Å². The van der Waals surface area contributed by atoms with E-state index in [1.165, 1.54) is 30.6 Å². The summed E-state index contributed by atoms with van der Waals surface area (Å²) in [4.78, 5) is 13.6. The molecule has 2 heterocycles. The van der Waals surface area contributed by atoms with Crippen molar-refractivity contribution < 1.29 is 9.53 Å². The zero-order valence-corrected chi connectivity index (χ0v) is 12.7. The molecule has 1 aliphatic carbocycles. The van der Waals surface area contributed by atoms with Gasteiger partial charge in [-0.15, -0.1) is 11.3 Å². The SMILES string of the molecule is O=C(CC1CCCO1)NC(c1cccs1)C1CCCC1. The highest BCUT2D eigenvalue weighted by atomic mass is 32.1. The summed E-state index contributed by atoms with van der Waals surface area (Å²) in [6.45, 7) is 0.814. The van der Waals surface area contributed by atoms with Gasteiger partial charge in [0.05, 0.1) is 18.6 Å². The molecular weight excluding hydrogens is 270 g/mol. The third-order valence-electron chi connectivity index (χ3n) is 4.47. The quantitative estimate of drug-likeness (QED) is 0.899. The molecule has 110 valence electrons. The highest BCUT2D eigenvalue weighted by Gasteiger charge is 2.29. The Kier molecular flexibility index (Phi) is 4.73. The molecule has 1 aromatic rings. The second-order valence-corrected chi connectivity index (χ2v) is 6.92. The third-order valence-corrected chi connectivity index (χ3v) is 5.43. The summed E-state index contributed by atoms with van der Waals surface area (Å²) < 4.78 is 5.56. The lowest BCUT2D eigenvalue weighted by Gasteiger charge is -2.24. The zero-order valence-electron chi connectivity index (χ0n) is 11.8. The van der Waals surface area contributed by atoms with Crippen LogP contribution in [0.15, 0.2) is 17.5 Å². The smallest absolute Gasteiger partial charge is 0.223 e. The maximum Gasteiger partial charge on any atom is 0.223 e. The number of amides is 1. The Morgan fingerprint density at radius 3 is 2.85 bits per heavy atom. The van der Waals surface area contributed by atoms with Gasteiger partial charge in [-0.25, -0.2) is 0 Å². The van der Waals surface area contributed by atoms with E-state index < -0.39 is 0 Å². The fourth-order valence-electron chi connectivity index (χ4n) is 3.42. The summed E-state index contributed by atoms with van der Waals surface area (Å²) in [5, 5.41) is 5.38. The van der Waals surface area contributed by atoms with Crippen LogP contribution in [0, 0.1) is 5.92 Å². The molecule has 1 saturated heterocycles. The van der Waals surface area contributed by atoms with Crippen LogP contribution < -0.4 is 5.32 Å². The number of ether oxygens (including phenoxy) is 1. The predicted molar refractivity (Wildman–Crippen MR) is 80.8 cm³/mol. The molecule has 1 aromatic heterocycles. The minimum absolute atomic E-state index is 0.141. The van der Waals surface area contributed by atoms with Crippen molar-refractivity contribution in [3.8, 4) is 0 Å². The van der Waals surface area contributed by atoms with E-state index in [1.807, 2.05) is 0 Å². The van der Waals surface area contributed by atoms with E-state index in [-0.39, 0.29) is 18.1 Å². The normalized spacial score (nSPS) is 24.9. The molecule has 0 radical (unpaired) electrons. The van der Waals surface area contributed by atoms with Crippen molar-refractivity contribution in [2.45, 2.75) is 57.1 Å². The summed E-state index contributed by atoms with van der Waals surface area (Å²) >= 11 is 1.76. The number of thiophene rings is 1. The number of carbonyl (C=O) groups is 1. The number of rotatable bonds is 5. The minimum Gasteiger partial charge on any atom is -0.378 e. The van der Waals surface area contributed by atoms with Gasteiger partial charge in [0.2, 0.25) is 5.91 Å². The molecule has 0 bridgehead atoms. The molecule has 3 rings (SSSR count). The second kappa shape index (κ2) is 6.72. The highest BCUT2D eigenvalue weighted by molar-refractivity contribution is 7.10. The molecular formula is C16H23NO2S. The van der Waals surface area contributed by atoms with E-state index in [9.17, 15) is 4.79 Å². The molecule has 0 aromatic carbocycles. The predicted octanol–water partition coefficient (Wildman–Crippen LogP) is 3.66. The molecule has 1 N–H and O–H groups in total. The maximum atomic E-state index is 12.3. The summed E-state index contributed by atoms with van der Waals surface area (Å²) in [5.74, 6) is 0.768. The standard InChI is InChI=1S/C16H23NO2S/c18-15(11-13-7-3-9-19-13)17-16(12-5-1-2-6-12)14-8-4-10-20-14/h4,8,10,12-13,16H,1-3,5-7,9,11H2,(H,17,18). The third kappa shape index (κ3) is 3.41. The summed E-state index contributed by atoms with van der Waals surface area (Å²) in [6.07, 6.45) is 7.86. The fraction of sp³-hybridized carbons (Fsp3) is 0.688. The molecule has 3 nitrogen and oxygen atoms in total. The van der Waals surface area contributed by atoms with Gasteiger partial charge < -0.3 is 10.1 Å². The van der Waals surface area contributed by atoms with Crippen molar-refractivity contribution in [2.75, 3.05) is 6.61 Å². The summed E-state index contributed by atoms with van der Waals surface area (Å²) in [6, 6.07) is 4.44. The first-order valence-electron chi connectivity index (χ1n) is 7.77. The van der Waals surface area contributed by atoms with Gasteiger partial charge in [-0.1, -0.05) is 18.9 Å². The number of hydrogen-bond donors (Lipinski definition) is 1. The van der Waals surface area contributed by atoms with Gasteiger partial charge in [-0.3, -0.25) is 4.79 Å². The lowest BCUT2D eigenvalue weighted by molar-refractivity contribution is -0.124. The molecule has 20 heavy (non-hydrogen) atoms. The van der Waals surface area contributed by atoms with Gasteiger partial charge in [0.25, 0.3) is 0 Å². The summed E-state index contributed by atoms with van der Waals surface area (Å²) in [7, 11) is 0. The van der Waals surface area contributed by atoms with E-state index in [0.717, 1.165) is 19.4 Å². The van der Waals surface area contributed by atoms with Gasteiger partial charge in [-0.2, -0.15) is 0 Å². The Hall–Kier alpha value is -0.870. The second-order valence-electron chi connectivity index (χ2n) is 5.94. The van der Waals surface area contributed by atoms with Crippen LogP contribution in [-0.2, 0) is 9.53 Å². The van der Waals surface area contributed by atoms with Crippen LogP contribution in [0.3, 0.4) is 0 Å². The first-order chi connectivity index (χ1) is 9.83. The van der Waals surface area contributed by atoms with E-state index in [1.54, 1.807) is 11.3 Å². The van der Waals surface area contributed by atoms with E-state index in [2.05, 4.69) is 22.8 Å². The first kappa shape index (κ1) is 14.1. The van der Waals surface area contributed by atoms with E-state index >= 15 is 0 Å². The van der Waals surface area contributed by atoms with Crippen LogP contribution >= 0.6 is 11.3 Å². The minimum atomic E-state index is 0.141. The van der Waals surface area contributed by atoms with Gasteiger partial charge in [-0.05, 0) is 43.0 Å². The van der Waals surface area contributed by atoms with Crippen LogP contribution in [0.2, 0.25) is 0 Å².